The number of likely N-dealkylation sites (tertiary alicyclic amines) is 1. The van der Waals surface area contributed by atoms with Crippen LogP contribution in [-0.4, -0.2) is 50.9 Å². The number of hydrogen-bond acceptors (Lipinski definition) is 5. The Labute approximate surface area is 175 Å². The first kappa shape index (κ1) is 22.9. The van der Waals surface area contributed by atoms with E-state index in [2.05, 4.69) is 4.72 Å². The minimum atomic E-state index is -4.00. The van der Waals surface area contributed by atoms with Gasteiger partial charge in [-0.1, -0.05) is 42.5 Å². The van der Waals surface area contributed by atoms with Crippen molar-refractivity contribution >= 4 is 45.1 Å². The summed E-state index contributed by atoms with van der Waals surface area (Å²) in [6.45, 7) is 2.24. The van der Waals surface area contributed by atoms with E-state index < -0.39 is 28.6 Å². The van der Waals surface area contributed by atoms with Crippen LogP contribution >= 0.6 is 23.2 Å². The highest BCUT2D eigenvalue weighted by Crippen LogP contribution is 2.24. The molecule has 0 aliphatic carbocycles. The second kappa shape index (κ2) is 10.4. The van der Waals surface area contributed by atoms with Crippen molar-refractivity contribution in [1.29, 1.82) is 0 Å². The molecule has 1 fully saturated rings. The zero-order valence-electron chi connectivity index (χ0n) is 15.6. The smallest absolute Gasteiger partial charge is 0.324 e. The van der Waals surface area contributed by atoms with Crippen LogP contribution in [0.15, 0.2) is 23.1 Å². The van der Waals surface area contributed by atoms with Crippen LogP contribution in [0.1, 0.15) is 39.0 Å². The summed E-state index contributed by atoms with van der Waals surface area (Å²) in [5.41, 5.74) is 0. The lowest BCUT2D eigenvalue weighted by Gasteiger charge is -2.24. The molecule has 1 amide bonds. The molecule has 1 aliphatic rings. The lowest BCUT2D eigenvalue weighted by molar-refractivity contribution is -0.153. The van der Waals surface area contributed by atoms with Crippen LogP contribution in [-0.2, 0) is 24.3 Å². The second-order valence-electron chi connectivity index (χ2n) is 6.68. The number of carbonyl (C=O) groups is 2. The Bertz CT molecular complexity index is 808. The fourth-order valence-electron chi connectivity index (χ4n) is 2.84. The van der Waals surface area contributed by atoms with E-state index in [1.807, 2.05) is 0 Å². The third kappa shape index (κ3) is 6.62. The van der Waals surface area contributed by atoms with Gasteiger partial charge in [-0.2, -0.15) is 4.72 Å². The molecule has 1 saturated heterocycles. The van der Waals surface area contributed by atoms with Crippen LogP contribution in [0.5, 0.6) is 0 Å². The summed E-state index contributed by atoms with van der Waals surface area (Å²) in [6.07, 6.45) is 5.20. The number of halogens is 2. The minimum absolute atomic E-state index is 0.0821. The van der Waals surface area contributed by atoms with Crippen molar-refractivity contribution in [3.8, 4) is 0 Å². The van der Waals surface area contributed by atoms with Crippen LogP contribution in [0.25, 0.3) is 0 Å². The minimum Gasteiger partial charge on any atom is -0.454 e. The van der Waals surface area contributed by atoms with Gasteiger partial charge in [0.1, 0.15) is 6.04 Å². The first-order chi connectivity index (χ1) is 13.2. The van der Waals surface area contributed by atoms with Gasteiger partial charge in [0, 0.05) is 13.1 Å². The number of ether oxygens (including phenoxy) is 1. The molecule has 0 bridgehead atoms. The van der Waals surface area contributed by atoms with E-state index in [0.29, 0.717) is 13.1 Å². The average molecular weight is 451 g/mol. The van der Waals surface area contributed by atoms with Gasteiger partial charge in [0.2, 0.25) is 10.0 Å². The molecule has 1 aliphatic heterocycles. The summed E-state index contributed by atoms with van der Waals surface area (Å²) in [6, 6.07) is 2.65. The van der Waals surface area contributed by atoms with E-state index in [1.165, 1.54) is 31.5 Å². The summed E-state index contributed by atoms with van der Waals surface area (Å²) < 4.78 is 32.0. The van der Waals surface area contributed by atoms with Crippen LogP contribution in [0.4, 0.5) is 0 Å². The maximum Gasteiger partial charge on any atom is 0.324 e. The largest absolute Gasteiger partial charge is 0.454 e. The van der Waals surface area contributed by atoms with Crippen molar-refractivity contribution < 1.29 is 22.7 Å². The van der Waals surface area contributed by atoms with Gasteiger partial charge in [-0.25, -0.2) is 8.42 Å². The Morgan fingerprint density at radius 3 is 2.32 bits per heavy atom. The van der Waals surface area contributed by atoms with Gasteiger partial charge in [0.25, 0.3) is 5.91 Å². The van der Waals surface area contributed by atoms with Crippen LogP contribution in [0.3, 0.4) is 0 Å². The van der Waals surface area contributed by atoms with Gasteiger partial charge in [0.05, 0.1) is 14.9 Å². The lowest BCUT2D eigenvalue weighted by Crippen LogP contribution is -2.42. The Morgan fingerprint density at radius 2 is 1.71 bits per heavy atom. The molecule has 10 heteroatoms. The average Bonchev–Trinajstić information content (AvgIpc) is 2.60. The highest BCUT2D eigenvalue weighted by Gasteiger charge is 2.25. The first-order valence-electron chi connectivity index (χ1n) is 9.12. The molecular weight excluding hydrogens is 427 g/mol. The number of rotatable bonds is 6. The molecule has 1 aromatic rings. The lowest BCUT2D eigenvalue weighted by atomic mass is 10.1. The third-order valence-electron chi connectivity index (χ3n) is 4.43. The summed E-state index contributed by atoms with van der Waals surface area (Å²) in [5.74, 6) is -1.10. The molecule has 1 N–H and O–H groups in total. The summed E-state index contributed by atoms with van der Waals surface area (Å²) in [7, 11) is -4.00. The van der Waals surface area contributed by atoms with Crippen LogP contribution < -0.4 is 4.72 Å². The number of sulfonamides is 1. The zero-order chi connectivity index (χ0) is 20.7. The normalized spacial score (nSPS) is 16.8. The van der Waals surface area contributed by atoms with Gasteiger partial charge >= 0.3 is 5.97 Å². The highest BCUT2D eigenvalue weighted by atomic mass is 35.5. The van der Waals surface area contributed by atoms with Crippen molar-refractivity contribution in [3.63, 3.8) is 0 Å². The van der Waals surface area contributed by atoms with Crippen molar-refractivity contribution in [2.24, 2.45) is 0 Å². The number of nitrogens with zero attached hydrogens (tertiary/aromatic N) is 1. The molecular formula is C18H24Cl2N2O5S. The molecule has 156 valence electrons. The number of esters is 1. The van der Waals surface area contributed by atoms with Crippen molar-refractivity contribution in [2.75, 3.05) is 19.7 Å². The van der Waals surface area contributed by atoms with Crippen LogP contribution in [0.2, 0.25) is 10.0 Å². The number of hydrogen-bond donors (Lipinski definition) is 1. The number of benzene rings is 1. The Hall–Kier alpha value is -1.35. The molecule has 0 radical (unpaired) electrons. The highest BCUT2D eigenvalue weighted by molar-refractivity contribution is 7.89. The zero-order valence-corrected chi connectivity index (χ0v) is 17.9. The van der Waals surface area contributed by atoms with E-state index >= 15 is 0 Å². The molecule has 0 saturated carbocycles. The summed E-state index contributed by atoms with van der Waals surface area (Å²) >= 11 is 11.6. The maximum absolute atomic E-state index is 12.4. The molecule has 28 heavy (non-hydrogen) atoms. The summed E-state index contributed by atoms with van der Waals surface area (Å²) in [4.78, 5) is 25.9. The van der Waals surface area contributed by atoms with E-state index in [-0.39, 0.29) is 20.8 Å². The maximum atomic E-state index is 12.4. The molecule has 2 rings (SSSR count). The molecule has 7 nitrogen and oxygen atoms in total. The quantitative estimate of drug-likeness (QED) is 0.672. The van der Waals surface area contributed by atoms with Crippen molar-refractivity contribution in [1.82, 2.24) is 9.62 Å². The third-order valence-corrected chi connectivity index (χ3v) is 6.71. The second-order valence-corrected chi connectivity index (χ2v) is 9.20. The number of amides is 1. The van der Waals surface area contributed by atoms with E-state index in [4.69, 9.17) is 27.9 Å². The van der Waals surface area contributed by atoms with Crippen molar-refractivity contribution in [3.05, 3.63) is 28.2 Å². The van der Waals surface area contributed by atoms with Crippen molar-refractivity contribution in [2.45, 2.75) is 50.0 Å². The van der Waals surface area contributed by atoms with Gasteiger partial charge in [-0.3, -0.25) is 9.59 Å². The Kier molecular flexibility index (Phi) is 8.55. The standard InChI is InChI=1S/C18H24Cl2N2O5S/c1-13(21-28(25,26)14-7-8-15(19)16(20)11-14)18(24)27-12-17(23)22-9-5-3-2-4-6-10-22/h7-8,11,13,21H,2-6,9-10,12H2,1H3/t13-/m0/s1. The van der Waals surface area contributed by atoms with Gasteiger partial charge in [-0.15, -0.1) is 0 Å². The van der Waals surface area contributed by atoms with Gasteiger partial charge < -0.3 is 9.64 Å². The predicted octanol–water partition coefficient (Wildman–Crippen LogP) is 3.00. The Balaban J connectivity index is 1.89. The fourth-order valence-corrected chi connectivity index (χ4v) is 4.42. The SMILES string of the molecule is C[C@H](NS(=O)(=O)c1ccc(Cl)c(Cl)c1)C(=O)OCC(=O)N1CCCCCCC1. The monoisotopic (exact) mass is 450 g/mol. The van der Waals surface area contributed by atoms with Gasteiger partial charge in [-0.05, 0) is 38.0 Å². The molecule has 0 aromatic heterocycles. The van der Waals surface area contributed by atoms with E-state index in [0.717, 1.165) is 25.7 Å². The Morgan fingerprint density at radius 1 is 1.11 bits per heavy atom. The molecule has 0 unspecified atom stereocenters. The molecule has 1 atom stereocenters. The topological polar surface area (TPSA) is 92.8 Å². The molecule has 1 heterocycles. The predicted molar refractivity (Wildman–Crippen MR) is 107 cm³/mol. The fraction of sp³-hybridized carbons (Fsp3) is 0.556. The van der Waals surface area contributed by atoms with E-state index in [9.17, 15) is 18.0 Å². The summed E-state index contributed by atoms with van der Waals surface area (Å²) in [5, 5.41) is 0.300. The first-order valence-corrected chi connectivity index (χ1v) is 11.4. The molecule has 0 spiro atoms. The van der Waals surface area contributed by atoms with Crippen LogP contribution in [0, 0.1) is 0 Å². The molecule has 1 aromatic carbocycles. The number of nitrogens with one attached hydrogen (secondary N) is 1. The number of carbonyl (C=O) groups excluding carboxylic acids is 2. The van der Waals surface area contributed by atoms with Gasteiger partial charge in [0.15, 0.2) is 6.61 Å². The van der Waals surface area contributed by atoms with E-state index in [1.54, 1.807) is 4.90 Å².